The number of methoxy groups -OCH3 is 1. The van der Waals surface area contributed by atoms with Crippen LogP contribution in [0.1, 0.15) is 24.8 Å². The smallest absolute Gasteiger partial charge is 0.317 e. The van der Waals surface area contributed by atoms with Gasteiger partial charge in [-0.3, -0.25) is 4.79 Å². The molecule has 1 aromatic carbocycles. The maximum atomic E-state index is 12.7. The van der Waals surface area contributed by atoms with Crippen LogP contribution in [-0.4, -0.2) is 62.1 Å². The van der Waals surface area contributed by atoms with Gasteiger partial charge < -0.3 is 19.9 Å². The third-order valence-electron chi connectivity index (χ3n) is 5.86. The average Bonchev–Trinajstić information content (AvgIpc) is 3.18. The fourth-order valence-corrected chi connectivity index (χ4v) is 4.52. The van der Waals surface area contributed by atoms with Crippen LogP contribution in [0.25, 0.3) is 0 Å². The molecule has 6 nitrogen and oxygen atoms in total. The van der Waals surface area contributed by atoms with Crippen molar-refractivity contribution >= 4 is 23.5 Å². The van der Waals surface area contributed by atoms with E-state index in [2.05, 4.69) is 5.32 Å². The standard InChI is InChI=1S/C20H28ClN3O3/c1-22-20(26)23-8-5-15(6-9-23)16-7-10-24(13-16)19(25)12-14-3-4-18(27-2)17(21)11-14/h3-4,11,15-16H,5-10,12-13H2,1-2H3,(H,22,26). The number of nitrogens with zero attached hydrogens (tertiary/aromatic N) is 2. The SMILES string of the molecule is CNC(=O)N1CCC(C2CCN(C(=O)Cc3ccc(OC)c(Cl)c3)C2)CC1. The number of carbonyl (C=O) groups is 2. The predicted octanol–water partition coefficient (Wildman–Crippen LogP) is 2.79. The monoisotopic (exact) mass is 393 g/mol. The summed E-state index contributed by atoms with van der Waals surface area (Å²) < 4.78 is 5.16. The Morgan fingerprint density at radius 2 is 1.81 bits per heavy atom. The van der Waals surface area contributed by atoms with Crippen LogP contribution in [0.2, 0.25) is 5.02 Å². The molecule has 1 aromatic rings. The van der Waals surface area contributed by atoms with Crippen molar-refractivity contribution in [2.75, 3.05) is 40.3 Å². The summed E-state index contributed by atoms with van der Waals surface area (Å²) in [5.74, 6) is 1.91. The molecule has 1 atom stereocenters. The van der Waals surface area contributed by atoms with Gasteiger partial charge in [-0.1, -0.05) is 17.7 Å². The third-order valence-corrected chi connectivity index (χ3v) is 6.15. The summed E-state index contributed by atoms with van der Waals surface area (Å²) in [6.07, 6.45) is 3.47. The number of benzene rings is 1. The first-order valence-corrected chi connectivity index (χ1v) is 9.96. The van der Waals surface area contributed by atoms with E-state index < -0.39 is 0 Å². The maximum absolute atomic E-state index is 12.7. The van der Waals surface area contributed by atoms with Gasteiger partial charge in [-0.25, -0.2) is 4.79 Å². The van der Waals surface area contributed by atoms with Crippen molar-refractivity contribution in [2.24, 2.45) is 11.8 Å². The Labute approximate surface area is 165 Å². The molecule has 0 saturated carbocycles. The largest absolute Gasteiger partial charge is 0.495 e. The van der Waals surface area contributed by atoms with Crippen LogP contribution < -0.4 is 10.1 Å². The lowest BCUT2D eigenvalue weighted by Gasteiger charge is -2.34. The number of hydrogen-bond donors (Lipinski definition) is 1. The van der Waals surface area contributed by atoms with Crippen LogP contribution in [0.3, 0.4) is 0 Å². The number of amides is 3. The second-order valence-corrected chi connectivity index (χ2v) is 7.82. The number of urea groups is 1. The van der Waals surface area contributed by atoms with E-state index in [1.54, 1.807) is 26.3 Å². The van der Waals surface area contributed by atoms with E-state index in [1.807, 2.05) is 15.9 Å². The van der Waals surface area contributed by atoms with Gasteiger partial charge in [0.1, 0.15) is 5.75 Å². The molecule has 1 unspecified atom stereocenters. The van der Waals surface area contributed by atoms with E-state index in [1.165, 1.54) is 0 Å². The van der Waals surface area contributed by atoms with Gasteiger partial charge in [0.2, 0.25) is 5.91 Å². The summed E-state index contributed by atoms with van der Waals surface area (Å²) in [6, 6.07) is 5.51. The van der Waals surface area contributed by atoms with Gasteiger partial charge in [-0.05, 0) is 48.8 Å². The summed E-state index contributed by atoms with van der Waals surface area (Å²) in [6.45, 7) is 3.26. The molecule has 3 rings (SSSR count). The van der Waals surface area contributed by atoms with Crippen molar-refractivity contribution in [1.29, 1.82) is 0 Å². The molecule has 3 amide bonds. The topological polar surface area (TPSA) is 61.9 Å². The second-order valence-electron chi connectivity index (χ2n) is 7.41. The van der Waals surface area contributed by atoms with Crippen molar-refractivity contribution in [3.05, 3.63) is 28.8 Å². The zero-order valence-corrected chi connectivity index (χ0v) is 16.8. The Hall–Kier alpha value is -1.95. The van der Waals surface area contributed by atoms with Crippen LogP contribution in [0, 0.1) is 11.8 Å². The minimum Gasteiger partial charge on any atom is -0.495 e. The van der Waals surface area contributed by atoms with Crippen LogP contribution >= 0.6 is 11.6 Å². The van der Waals surface area contributed by atoms with E-state index >= 15 is 0 Å². The first-order valence-electron chi connectivity index (χ1n) is 9.58. The van der Waals surface area contributed by atoms with Crippen LogP contribution in [0.5, 0.6) is 5.75 Å². The summed E-state index contributed by atoms with van der Waals surface area (Å²) in [5.41, 5.74) is 0.910. The molecular weight excluding hydrogens is 366 g/mol. The van der Waals surface area contributed by atoms with Crippen molar-refractivity contribution in [3.63, 3.8) is 0 Å². The number of nitrogens with one attached hydrogen (secondary N) is 1. The Morgan fingerprint density at radius 1 is 1.15 bits per heavy atom. The Balaban J connectivity index is 1.50. The molecule has 2 fully saturated rings. The van der Waals surface area contributed by atoms with E-state index in [0.29, 0.717) is 29.0 Å². The molecule has 27 heavy (non-hydrogen) atoms. The molecule has 0 spiro atoms. The van der Waals surface area contributed by atoms with Crippen molar-refractivity contribution in [3.8, 4) is 5.75 Å². The molecular formula is C20H28ClN3O3. The molecule has 7 heteroatoms. The first kappa shape index (κ1) is 19.8. The molecule has 2 heterocycles. The van der Waals surface area contributed by atoms with Gasteiger partial charge in [-0.2, -0.15) is 0 Å². The molecule has 0 radical (unpaired) electrons. The molecule has 2 aliphatic heterocycles. The number of rotatable bonds is 4. The number of halogens is 1. The van der Waals surface area contributed by atoms with Crippen LogP contribution in [-0.2, 0) is 11.2 Å². The van der Waals surface area contributed by atoms with E-state index in [9.17, 15) is 9.59 Å². The lowest BCUT2D eigenvalue weighted by atomic mass is 9.84. The van der Waals surface area contributed by atoms with Gasteiger partial charge in [0, 0.05) is 33.2 Å². The Morgan fingerprint density at radius 3 is 2.44 bits per heavy atom. The third kappa shape index (κ3) is 4.67. The van der Waals surface area contributed by atoms with Crippen molar-refractivity contribution in [2.45, 2.75) is 25.7 Å². The quantitative estimate of drug-likeness (QED) is 0.855. The fraction of sp³-hybridized carbons (Fsp3) is 0.600. The Bertz CT molecular complexity index is 689. The minimum atomic E-state index is 0.00910. The Kier molecular flexibility index (Phi) is 6.47. The molecule has 1 N–H and O–H groups in total. The highest BCUT2D eigenvalue weighted by molar-refractivity contribution is 6.32. The highest BCUT2D eigenvalue weighted by Gasteiger charge is 2.34. The van der Waals surface area contributed by atoms with Gasteiger partial charge in [-0.15, -0.1) is 0 Å². The van der Waals surface area contributed by atoms with Crippen LogP contribution in [0.15, 0.2) is 18.2 Å². The zero-order chi connectivity index (χ0) is 19.4. The summed E-state index contributed by atoms with van der Waals surface area (Å²) in [4.78, 5) is 28.3. The van der Waals surface area contributed by atoms with Crippen LogP contribution in [0.4, 0.5) is 4.79 Å². The molecule has 0 bridgehead atoms. The average molecular weight is 394 g/mol. The zero-order valence-electron chi connectivity index (χ0n) is 16.0. The first-order chi connectivity index (χ1) is 13.0. The summed E-state index contributed by atoms with van der Waals surface area (Å²) in [7, 11) is 3.25. The van der Waals surface area contributed by atoms with Crippen molar-refractivity contribution in [1.82, 2.24) is 15.1 Å². The van der Waals surface area contributed by atoms with Gasteiger partial charge in [0.15, 0.2) is 0 Å². The van der Waals surface area contributed by atoms with Gasteiger partial charge in [0.25, 0.3) is 0 Å². The number of ether oxygens (including phenoxy) is 1. The molecule has 2 saturated heterocycles. The fourth-order valence-electron chi connectivity index (χ4n) is 4.24. The number of carbonyl (C=O) groups excluding carboxylic acids is 2. The lowest BCUT2D eigenvalue weighted by Crippen LogP contribution is -2.44. The van der Waals surface area contributed by atoms with Crippen molar-refractivity contribution < 1.29 is 14.3 Å². The van der Waals surface area contributed by atoms with E-state index in [-0.39, 0.29) is 11.9 Å². The number of likely N-dealkylation sites (tertiary alicyclic amines) is 2. The van der Waals surface area contributed by atoms with E-state index in [4.69, 9.17) is 16.3 Å². The minimum absolute atomic E-state index is 0.00910. The molecule has 0 aromatic heterocycles. The molecule has 148 valence electrons. The predicted molar refractivity (Wildman–Crippen MR) is 105 cm³/mol. The second kappa shape index (κ2) is 8.83. The highest BCUT2D eigenvalue weighted by atomic mass is 35.5. The number of piperidine rings is 1. The molecule has 0 aliphatic carbocycles. The van der Waals surface area contributed by atoms with Gasteiger partial charge >= 0.3 is 6.03 Å². The highest BCUT2D eigenvalue weighted by Crippen LogP contribution is 2.32. The van der Waals surface area contributed by atoms with Gasteiger partial charge in [0.05, 0.1) is 18.6 Å². The normalized spacial score (nSPS) is 20.6. The maximum Gasteiger partial charge on any atom is 0.317 e. The summed E-state index contributed by atoms with van der Waals surface area (Å²) in [5, 5.41) is 3.22. The lowest BCUT2D eigenvalue weighted by molar-refractivity contribution is -0.129. The summed E-state index contributed by atoms with van der Waals surface area (Å²) >= 11 is 6.16. The van der Waals surface area contributed by atoms with E-state index in [0.717, 1.165) is 51.0 Å². The number of hydrogen-bond acceptors (Lipinski definition) is 3. The molecule has 2 aliphatic rings.